The van der Waals surface area contributed by atoms with E-state index in [-0.39, 0.29) is 0 Å². The summed E-state index contributed by atoms with van der Waals surface area (Å²) >= 11 is 0. The van der Waals surface area contributed by atoms with E-state index < -0.39 is 0 Å². The van der Waals surface area contributed by atoms with Crippen LogP contribution in [-0.2, 0) is 6.54 Å². The Hall–Kier alpha value is -0.790. The van der Waals surface area contributed by atoms with Crippen LogP contribution >= 0.6 is 0 Å². The molecule has 0 amide bonds. The molecule has 2 nitrogen and oxygen atoms in total. The van der Waals surface area contributed by atoms with Gasteiger partial charge < -0.3 is 4.57 Å². The molecule has 1 heterocycles. The lowest BCUT2D eigenvalue weighted by Gasteiger charge is -2.16. The summed E-state index contributed by atoms with van der Waals surface area (Å²) in [6.45, 7) is 7.81. The first kappa shape index (κ1) is 13.3. The van der Waals surface area contributed by atoms with Crippen molar-refractivity contribution < 1.29 is 0 Å². The molecule has 0 spiro atoms. The van der Waals surface area contributed by atoms with Crippen molar-refractivity contribution in [3.8, 4) is 0 Å². The summed E-state index contributed by atoms with van der Waals surface area (Å²) in [6, 6.07) is 0. The summed E-state index contributed by atoms with van der Waals surface area (Å²) in [7, 11) is 0. The van der Waals surface area contributed by atoms with Crippen molar-refractivity contribution in [1.29, 1.82) is 0 Å². The molecule has 92 valence electrons. The number of unbranched alkanes of at least 4 members (excludes halogenated alkanes) is 3. The molecule has 1 atom stereocenters. The van der Waals surface area contributed by atoms with Crippen LogP contribution in [0.15, 0.2) is 12.4 Å². The van der Waals surface area contributed by atoms with Gasteiger partial charge in [-0.15, -0.1) is 0 Å². The summed E-state index contributed by atoms with van der Waals surface area (Å²) in [5, 5.41) is 0. The zero-order valence-corrected chi connectivity index (χ0v) is 11.1. The van der Waals surface area contributed by atoms with E-state index in [0.29, 0.717) is 0 Å². The molecule has 1 unspecified atom stereocenters. The van der Waals surface area contributed by atoms with Gasteiger partial charge in [0.15, 0.2) is 0 Å². The van der Waals surface area contributed by atoms with Gasteiger partial charge in [0.05, 0.1) is 0 Å². The Labute approximate surface area is 100 Å². The van der Waals surface area contributed by atoms with Crippen LogP contribution in [0.5, 0.6) is 0 Å². The van der Waals surface area contributed by atoms with Crippen LogP contribution in [-0.4, -0.2) is 9.55 Å². The fraction of sp³-hybridized carbons (Fsp3) is 0.786. The average molecular weight is 222 g/mol. The summed E-state index contributed by atoms with van der Waals surface area (Å²) in [4.78, 5) is 4.28. The smallest absolute Gasteiger partial charge is 0.105 e. The highest BCUT2D eigenvalue weighted by Gasteiger charge is 2.08. The molecule has 0 radical (unpaired) electrons. The molecule has 1 rings (SSSR count). The van der Waals surface area contributed by atoms with Crippen LogP contribution in [0.2, 0.25) is 0 Å². The number of aryl methyl sites for hydroxylation is 1. The molecule has 0 bridgehead atoms. The van der Waals surface area contributed by atoms with E-state index in [0.717, 1.165) is 18.3 Å². The van der Waals surface area contributed by atoms with Crippen molar-refractivity contribution in [2.75, 3.05) is 0 Å². The zero-order chi connectivity index (χ0) is 11.8. The first-order valence-corrected chi connectivity index (χ1v) is 6.75. The number of hydrogen-bond acceptors (Lipinski definition) is 1. The lowest BCUT2D eigenvalue weighted by molar-refractivity contribution is 0.381. The molecule has 0 aromatic carbocycles. The van der Waals surface area contributed by atoms with Gasteiger partial charge in [-0.25, -0.2) is 4.98 Å². The predicted molar refractivity (Wildman–Crippen MR) is 69.5 cm³/mol. The first-order chi connectivity index (χ1) is 7.77. The normalized spacial score (nSPS) is 12.9. The Morgan fingerprint density at radius 2 is 2.06 bits per heavy atom. The van der Waals surface area contributed by atoms with E-state index in [1.807, 2.05) is 6.20 Å². The minimum atomic E-state index is 0.824. The van der Waals surface area contributed by atoms with Crippen molar-refractivity contribution >= 4 is 0 Å². The van der Waals surface area contributed by atoms with Crippen molar-refractivity contribution in [3.63, 3.8) is 0 Å². The highest BCUT2D eigenvalue weighted by atomic mass is 15.1. The molecular weight excluding hydrogens is 196 g/mol. The molecule has 0 N–H and O–H groups in total. The fourth-order valence-electron chi connectivity index (χ4n) is 2.16. The number of rotatable bonds is 8. The molecule has 0 aliphatic rings. The zero-order valence-electron chi connectivity index (χ0n) is 11.1. The average Bonchev–Trinajstić information content (AvgIpc) is 2.68. The van der Waals surface area contributed by atoms with E-state index in [9.17, 15) is 0 Å². The molecule has 16 heavy (non-hydrogen) atoms. The van der Waals surface area contributed by atoms with Crippen LogP contribution in [0.25, 0.3) is 0 Å². The van der Waals surface area contributed by atoms with Gasteiger partial charge >= 0.3 is 0 Å². The van der Waals surface area contributed by atoms with E-state index in [4.69, 9.17) is 0 Å². The molecule has 0 saturated heterocycles. The number of aromatic nitrogens is 2. The summed E-state index contributed by atoms with van der Waals surface area (Å²) < 4.78 is 2.29. The van der Waals surface area contributed by atoms with Gasteiger partial charge in [-0.2, -0.15) is 0 Å². The quantitative estimate of drug-likeness (QED) is 0.603. The highest BCUT2D eigenvalue weighted by molar-refractivity contribution is 4.88. The van der Waals surface area contributed by atoms with E-state index in [2.05, 4.69) is 36.5 Å². The van der Waals surface area contributed by atoms with Gasteiger partial charge in [0.2, 0.25) is 0 Å². The van der Waals surface area contributed by atoms with E-state index in [1.54, 1.807) is 0 Å². The van der Waals surface area contributed by atoms with Crippen molar-refractivity contribution in [2.45, 2.75) is 65.8 Å². The maximum absolute atomic E-state index is 4.28. The molecule has 2 heteroatoms. The second kappa shape index (κ2) is 7.48. The van der Waals surface area contributed by atoms with Crippen molar-refractivity contribution in [1.82, 2.24) is 9.55 Å². The van der Waals surface area contributed by atoms with Gasteiger partial charge in [0.25, 0.3) is 0 Å². The van der Waals surface area contributed by atoms with Crippen LogP contribution < -0.4 is 0 Å². The SMILES string of the molecule is CCCCCCC(CC)Cn1ccnc1C. The van der Waals surface area contributed by atoms with E-state index in [1.165, 1.54) is 38.5 Å². The lowest BCUT2D eigenvalue weighted by atomic mass is 9.98. The number of nitrogens with zero attached hydrogens (tertiary/aromatic N) is 2. The lowest BCUT2D eigenvalue weighted by Crippen LogP contribution is -2.10. The Kier molecular flexibility index (Phi) is 6.20. The van der Waals surface area contributed by atoms with Crippen LogP contribution in [0, 0.1) is 12.8 Å². The van der Waals surface area contributed by atoms with Gasteiger partial charge in [-0.3, -0.25) is 0 Å². The van der Waals surface area contributed by atoms with Crippen LogP contribution in [0.4, 0.5) is 0 Å². The predicted octanol–water partition coefficient (Wildman–Crippen LogP) is 4.19. The Balaban J connectivity index is 2.29. The fourth-order valence-corrected chi connectivity index (χ4v) is 2.16. The molecule has 0 aliphatic heterocycles. The number of hydrogen-bond donors (Lipinski definition) is 0. The minimum absolute atomic E-state index is 0.824. The maximum atomic E-state index is 4.28. The van der Waals surface area contributed by atoms with Crippen LogP contribution in [0.3, 0.4) is 0 Å². The topological polar surface area (TPSA) is 17.8 Å². The van der Waals surface area contributed by atoms with Crippen molar-refractivity contribution in [3.05, 3.63) is 18.2 Å². The first-order valence-electron chi connectivity index (χ1n) is 6.75. The van der Waals surface area contributed by atoms with Gasteiger partial charge in [0, 0.05) is 18.9 Å². The molecule has 1 aromatic rings. The highest BCUT2D eigenvalue weighted by Crippen LogP contribution is 2.17. The molecular formula is C14H26N2. The third-order valence-corrected chi connectivity index (χ3v) is 3.42. The third-order valence-electron chi connectivity index (χ3n) is 3.42. The van der Waals surface area contributed by atoms with Crippen molar-refractivity contribution in [2.24, 2.45) is 5.92 Å². The largest absolute Gasteiger partial charge is 0.335 e. The van der Waals surface area contributed by atoms with Gasteiger partial charge in [-0.05, 0) is 19.3 Å². The van der Waals surface area contributed by atoms with Gasteiger partial charge in [-0.1, -0.05) is 46.0 Å². The molecule has 0 saturated carbocycles. The summed E-state index contributed by atoms with van der Waals surface area (Å²) in [6.07, 6.45) is 12.2. The number of imidazole rings is 1. The Bertz CT molecular complexity index is 278. The van der Waals surface area contributed by atoms with Gasteiger partial charge in [0.1, 0.15) is 5.82 Å². The second-order valence-electron chi connectivity index (χ2n) is 4.75. The molecule has 0 aliphatic carbocycles. The minimum Gasteiger partial charge on any atom is -0.335 e. The summed E-state index contributed by atoms with van der Waals surface area (Å²) in [5.41, 5.74) is 0. The second-order valence-corrected chi connectivity index (χ2v) is 4.75. The third kappa shape index (κ3) is 4.38. The van der Waals surface area contributed by atoms with E-state index >= 15 is 0 Å². The maximum Gasteiger partial charge on any atom is 0.105 e. The summed E-state index contributed by atoms with van der Waals surface area (Å²) in [5.74, 6) is 1.97. The molecule has 0 fully saturated rings. The Morgan fingerprint density at radius 3 is 2.62 bits per heavy atom. The monoisotopic (exact) mass is 222 g/mol. The molecule has 1 aromatic heterocycles. The standard InChI is InChI=1S/C14H26N2/c1-4-6-7-8-9-14(5-2)12-16-11-10-15-13(16)3/h10-11,14H,4-9,12H2,1-3H3. The Morgan fingerprint density at radius 1 is 1.25 bits per heavy atom. The van der Waals surface area contributed by atoms with Crippen LogP contribution in [0.1, 0.15) is 58.2 Å².